The highest BCUT2D eigenvalue weighted by Gasteiger charge is 2.27. The van der Waals surface area contributed by atoms with Gasteiger partial charge in [-0.2, -0.15) is 0 Å². The highest BCUT2D eigenvalue weighted by molar-refractivity contribution is 5.50. The monoisotopic (exact) mass is 322 g/mol. The molecule has 23 heavy (non-hydrogen) atoms. The third kappa shape index (κ3) is 12.5. The molecule has 0 saturated heterocycles. The maximum atomic E-state index is 11.1. The first-order valence-corrected chi connectivity index (χ1v) is 8.25. The van der Waals surface area contributed by atoms with Crippen LogP contribution in [-0.2, 0) is 4.79 Å². The van der Waals surface area contributed by atoms with E-state index in [-0.39, 0.29) is 12.8 Å². The van der Waals surface area contributed by atoms with Gasteiger partial charge in [-0.25, -0.2) is 0 Å². The van der Waals surface area contributed by atoms with Crippen LogP contribution < -0.4 is 0 Å². The van der Waals surface area contributed by atoms with Gasteiger partial charge in [0.15, 0.2) is 6.29 Å². The fraction of sp³-hybridized carbons (Fsp3) is 0.611. The number of carbonyl (C=O) groups excluding carboxylic acids is 1. The lowest BCUT2D eigenvalue weighted by atomic mass is 10.0. The van der Waals surface area contributed by atoms with Crippen LogP contribution in [0.25, 0.3) is 0 Å². The first kappa shape index (κ1) is 21.2. The third-order valence-electron chi connectivity index (χ3n) is 3.38. The minimum absolute atomic E-state index is 0.220. The highest BCUT2D eigenvalue weighted by atomic mass is 16.6. The average molecular weight is 322 g/mol. The van der Waals surface area contributed by atoms with Gasteiger partial charge in [0.1, 0.15) is 6.10 Å². The SMILES string of the molecule is CC/C=C\C/C=C\CC(O)C(C/C=C\CCCC[C]=O)[N+](=O)[O-]. The maximum absolute atomic E-state index is 11.1. The number of hydrogen-bond donors (Lipinski definition) is 1. The number of nitro groups is 1. The largest absolute Gasteiger partial charge is 0.386 e. The number of hydrogen-bond acceptors (Lipinski definition) is 4. The van der Waals surface area contributed by atoms with Crippen molar-refractivity contribution >= 4 is 6.29 Å². The number of allylic oxidation sites excluding steroid dienone is 4. The molecule has 1 radical (unpaired) electrons. The van der Waals surface area contributed by atoms with Crippen molar-refractivity contribution in [1.29, 1.82) is 0 Å². The smallest absolute Gasteiger partial charge is 0.242 e. The fourth-order valence-electron chi connectivity index (χ4n) is 2.03. The first-order valence-electron chi connectivity index (χ1n) is 8.25. The van der Waals surface area contributed by atoms with Crippen LogP contribution in [0.2, 0.25) is 0 Å². The molecule has 2 atom stereocenters. The molecule has 0 amide bonds. The molecular formula is C18H28NO4. The molecule has 2 unspecified atom stereocenters. The lowest BCUT2D eigenvalue weighted by Gasteiger charge is -2.12. The Morgan fingerprint density at radius 3 is 2.43 bits per heavy atom. The van der Waals surface area contributed by atoms with Crippen LogP contribution in [0, 0.1) is 10.1 Å². The molecule has 0 bridgehead atoms. The van der Waals surface area contributed by atoms with Crippen molar-refractivity contribution in [3.8, 4) is 0 Å². The van der Waals surface area contributed by atoms with Gasteiger partial charge >= 0.3 is 0 Å². The molecule has 0 aliphatic carbocycles. The van der Waals surface area contributed by atoms with Crippen molar-refractivity contribution in [3.63, 3.8) is 0 Å². The van der Waals surface area contributed by atoms with Gasteiger partial charge in [0.05, 0.1) is 0 Å². The highest BCUT2D eigenvalue weighted by Crippen LogP contribution is 2.10. The van der Waals surface area contributed by atoms with Crippen LogP contribution in [-0.4, -0.2) is 28.5 Å². The summed E-state index contributed by atoms with van der Waals surface area (Å²) in [7, 11) is 0. The molecule has 0 aliphatic rings. The van der Waals surface area contributed by atoms with E-state index in [1.165, 1.54) is 0 Å². The molecule has 0 spiro atoms. The van der Waals surface area contributed by atoms with Crippen molar-refractivity contribution in [2.45, 2.75) is 70.4 Å². The summed E-state index contributed by atoms with van der Waals surface area (Å²) < 4.78 is 0. The van der Waals surface area contributed by atoms with Gasteiger partial charge < -0.3 is 5.11 Å². The molecule has 0 aromatic rings. The summed E-state index contributed by atoms with van der Waals surface area (Å²) in [5.41, 5.74) is 0. The third-order valence-corrected chi connectivity index (χ3v) is 3.38. The molecule has 0 aromatic heterocycles. The van der Waals surface area contributed by atoms with Crippen LogP contribution >= 0.6 is 0 Å². The van der Waals surface area contributed by atoms with Crippen LogP contribution in [0.4, 0.5) is 0 Å². The Morgan fingerprint density at radius 2 is 1.78 bits per heavy atom. The molecule has 5 nitrogen and oxygen atoms in total. The number of rotatable bonds is 14. The summed E-state index contributed by atoms with van der Waals surface area (Å²) in [6.45, 7) is 2.06. The van der Waals surface area contributed by atoms with Crippen LogP contribution in [0.3, 0.4) is 0 Å². The predicted molar refractivity (Wildman–Crippen MR) is 92.5 cm³/mol. The molecular weight excluding hydrogens is 294 g/mol. The number of aliphatic hydroxyl groups excluding tert-OH is 1. The summed E-state index contributed by atoms with van der Waals surface area (Å²) in [5.74, 6) is 0. The van der Waals surface area contributed by atoms with Crippen LogP contribution in [0.1, 0.15) is 58.3 Å². The van der Waals surface area contributed by atoms with Crippen LogP contribution in [0.5, 0.6) is 0 Å². The number of aliphatic hydroxyl groups is 1. The number of nitrogens with zero attached hydrogens (tertiary/aromatic N) is 1. The second-order valence-corrected chi connectivity index (χ2v) is 5.34. The first-order chi connectivity index (χ1) is 11.1. The zero-order valence-corrected chi connectivity index (χ0v) is 13.9. The topological polar surface area (TPSA) is 80.4 Å². The van der Waals surface area contributed by atoms with Crippen LogP contribution in [0.15, 0.2) is 36.5 Å². The Balaban J connectivity index is 4.12. The zero-order chi connectivity index (χ0) is 17.3. The predicted octanol–water partition coefficient (Wildman–Crippen LogP) is 3.91. The molecule has 0 saturated carbocycles. The van der Waals surface area contributed by atoms with Gasteiger partial charge in [-0.15, -0.1) is 0 Å². The van der Waals surface area contributed by atoms with Crippen molar-refractivity contribution in [2.75, 3.05) is 0 Å². The van der Waals surface area contributed by atoms with E-state index in [0.29, 0.717) is 6.42 Å². The van der Waals surface area contributed by atoms with Gasteiger partial charge in [0.2, 0.25) is 6.04 Å². The Bertz CT molecular complexity index is 402. The van der Waals surface area contributed by atoms with E-state index in [2.05, 4.69) is 13.0 Å². The molecule has 0 aliphatic heterocycles. The molecule has 5 heteroatoms. The average Bonchev–Trinajstić information content (AvgIpc) is 2.52. The van der Waals surface area contributed by atoms with Gasteiger partial charge in [0.25, 0.3) is 0 Å². The van der Waals surface area contributed by atoms with Crippen molar-refractivity contribution in [3.05, 3.63) is 46.6 Å². The van der Waals surface area contributed by atoms with Gasteiger partial charge in [-0.1, -0.05) is 43.4 Å². The van der Waals surface area contributed by atoms with E-state index < -0.39 is 17.1 Å². The summed E-state index contributed by atoms with van der Waals surface area (Å²) in [6.07, 6.45) is 17.4. The molecule has 0 rings (SSSR count). The quantitative estimate of drug-likeness (QED) is 0.227. The van der Waals surface area contributed by atoms with Gasteiger partial charge in [0, 0.05) is 17.8 Å². The van der Waals surface area contributed by atoms with E-state index in [9.17, 15) is 20.0 Å². The summed E-state index contributed by atoms with van der Waals surface area (Å²) >= 11 is 0. The second-order valence-electron chi connectivity index (χ2n) is 5.34. The Labute approximate surface area is 138 Å². The van der Waals surface area contributed by atoms with E-state index in [1.807, 2.05) is 24.5 Å². The van der Waals surface area contributed by atoms with E-state index in [4.69, 9.17) is 0 Å². The van der Waals surface area contributed by atoms with E-state index in [0.717, 1.165) is 32.1 Å². The van der Waals surface area contributed by atoms with Crippen molar-refractivity contribution in [1.82, 2.24) is 0 Å². The van der Waals surface area contributed by atoms with Gasteiger partial charge in [-0.3, -0.25) is 14.9 Å². The Morgan fingerprint density at radius 1 is 1.09 bits per heavy atom. The van der Waals surface area contributed by atoms with E-state index >= 15 is 0 Å². The summed E-state index contributed by atoms with van der Waals surface area (Å²) in [4.78, 5) is 20.7. The van der Waals surface area contributed by atoms with Crippen molar-refractivity contribution < 1.29 is 14.8 Å². The summed E-state index contributed by atoms with van der Waals surface area (Å²) in [6, 6.07) is -0.981. The Hall–Kier alpha value is -1.75. The lowest BCUT2D eigenvalue weighted by Crippen LogP contribution is -2.32. The second kappa shape index (κ2) is 15.2. The summed E-state index contributed by atoms with van der Waals surface area (Å²) in [5, 5.41) is 21.0. The standard InChI is InChI=1S/C18H28NO4/c1-2-3-4-5-9-12-15-18(21)17(19(22)23)14-11-8-6-7-10-13-16-20/h3-4,8-9,11-12,17-18,21H,2,5-7,10,13-15H2,1H3/b4-3-,11-8-,12-9-. The number of unbranched alkanes of at least 4 members (excludes halogenated alkanes) is 3. The zero-order valence-electron chi connectivity index (χ0n) is 13.9. The van der Waals surface area contributed by atoms with Gasteiger partial charge in [-0.05, 0) is 38.5 Å². The minimum Gasteiger partial charge on any atom is -0.386 e. The molecule has 0 aromatic carbocycles. The normalized spacial score (nSPS) is 14.7. The van der Waals surface area contributed by atoms with E-state index in [1.54, 1.807) is 12.2 Å². The molecule has 0 heterocycles. The Kier molecular flexibility index (Phi) is 14.0. The molecule has 1 N–H and O–H groups in total. The lowest BCUT2D eigenvalue weighted by molar-refractivity contribution is -0.533. The minimum atomic E-state index is -0.981. The fourth-order valence-corrected chi connectivity index (χ4v) is 2.03. The van der Waals surface area contributed by atoms with Crippen molar-refractivity contribution in [2.24, 2.45) is 0 Å². The molecule has 0 fully saturated rings. The maximum Gasteiger partial charge on any atom is 0.242 e. The molecule has 129 valence electrons.